The molecule has 0 atom stereocenters. The van der Waals surface area contributed by atoms with Gasteiger partial charge in [0.25, 0.3) is 0 Å². The van der Waals surface area contributed by atoms with Crippen LogP contribution in [0.25, 0.3) is 5.41 Å². The quantitative estimate of drug-likeness (QED) is 0.460. The molecule has 83 valence electrons. The Balaban J connectivity index is -0.00000000242. The van der Waals surface area contributed by atoms with Crippen LogP contribution < -0.4 is 0 Å². The minimum absolute atomic E-state index is 0. The second-order valence-corrected chi connectivity index (χ2v) is 0.324. The zero-order chi connectivity index (χ0) is 5.41. The van der Waals surface area contributed by atoms with Gasteiger partial charge in [0.15, 0.2) is 0 Å². The van der Waals surface area contributed by atoms with Gasteiger partial charge in [0.2, 0.25) is 0 Å². The van der Waals surface area contributed by atoms with E-state index in [2.05, 4.69) is 12.8 Å². The first-order chi connectivity index (χ1) is 2.91. The van der Waals surface area contributed by atoms with Crippen LogP contribution in [-0.2, 0) is 32.7 Å². The molecule has 0 fully saturated rings. The summed E-state index contributed by atoms with van der Waals surface area (Å²) < 4.78 is 0. The number of rotatable bonds is 0. The molecule has 3 radical (unpaired) electrons. The Kier molecular flexibility index (Phi) is 2040. The standard InChI is InChI=1S/C2H3N2.CH3B.6CH4.Y/c1-4-2-3;1-2;;;;;;;/h1H3;1H3;6*1H4;/q-1;;;;;;;;. The molecule has 2 nitrogen and oxygen atoms in total. The molecule has 0 aromatic heterocycles. The Bertz CT molecular complexity index is 55.6. The topological polar surface area (TPSA) is 34.7 Å². The van der Waals surface area contributed by atoms with Crippen molar-refractivity contribution >= 4 is 13.9 Å². The Morgan fingerprint density at radius 1 is 0.923 bits per heavy atom. The molecule has 0 aliphatic rings. The zero-order valence-electron chi connectivity index (χ0n) is 4.55. The molecule has 0 aromatic rings. The van der Waals surface area contributed by atoms with E-state index < -0.39 is 0 Å². The molecule has 0 aliphatic heterocycles. The molecule has 0 bridgehead atoms. The normalized spacial score (nSPS) is 1.69. The minimum atomic E-state index is 0. The van der Waals surface area contributed by atoms with Gasteiger partial charge in [0.05, 0.1) is 7.85 Å². The monoisotopic (exact) mass is 266 g/mol. The average molecular weight is 266 g/mol. The molecule has 0 rings (SSSR count). The summed E-state index contributed by atoms with van der Waals surface area (Å²) in [7, 11) is 5.94. The predicted octanol–water partition coefficient (Wildman–Crippen LogP) is 4.38. The van der Waals surface area contributed by atoms with E-state index in [1.54, 1.807) is 6.01 Å². The van der Waals surface area contributed by atoms with Crippen molar-refractivity contribution in [2.24, 2.45) is 4.99 Å². The van der Waals surface area contributed by atoms with Gasteiger partial charge >= 0.3 is 0 Å². The first-order valence-corrected chi connectivity index (χ1v) is 1.47. The average Bonchev–Trinajstić information content (AvgIpc) is 1.72. The van der Waals surface area contributed by atoms with Crippen molar-refractivity contribution in [2.75, 3.05) is 7.05 Å². The van der Waals surface area contributed by atoms with Gasteiger partial charge in [-0.15, -0.1) is 0 Å². The van der Waals surface area contributed by atoms with Crippen molar-refractivity contribution in [1.29, 1.82) is 0 Å². The Labute approximate surface area is 115 Å². The summed E-state index contributed by atoms with van der Waals surface area (Å²) in [5.41, 5.74) is 0. The molecule has 0 aromatic carbocycles. The molecule has 0 saturated carbocycles. The molecule has 0 aliphatic carbocycles. The first-order valence-electron chi connectivity index (χ1n) is 1.47. The SMILES string of the molecule is C.C.C.C.C.C.CN=C=[N-].[B]C.[Y]. The molecule has 4 heteroatoms. The maximum Gasteiger partial charge on any atom is 0.0606 e. The van der Waals surface area contributed by atoms with E-state index in [0.29, 0.717) is 0 Å². The second kappa shape index (κ2) is 258. The number of nitrogens with zero attached hydrogens (tertiary/aromatic N) is 2. The zero-order valence-corrected chi connectivity index (χ0v) is 7.39. The molecule has 0 unspecified atom stereocenters. The van der Waals surface area contributed by atoms with Crippen LogP contribution in [0.15, 0.2) is 4.99 Å². The molecule has 0 heterocycles. The molecule has 0 spiro atoms. The maximum atomic E-state index is 7.46. The summed E-state index contributed by atoms with van der Waals surface area (Å²) in [6, 6.07) is 1.56. The fourth-order valence-corrected chi connectivity index (χ4v) is 0. The minimum Gasteiger partial charge on any atom is -0.434 e. The van der Waals surface area contributed by atoms with Crippen LogP contribution in [0.3, 0.4) is 0 Å². The van der Waals surface area contributed by atoms with Crippen molar-refractivity contribution in [2.45, 2.75) is 51.4 Å². The third-order valence-electron chi connectivity index (χ3n) is 0.100. The van der Waals surface area contributed by atoms with Gasteiger partial charge in [-0.3, -0.25) is 0 Å². The van der Waals surface area contributed by atoms with Crippen LogP contribution in [0, 0.1) is 0 Å². The van der Waals surface area contributed by atoms with Gasteiger partial charge in [-0.25, -0.2) is 0 Å². The fourth-order valence-electron chi connectivity index (χ4n) is 0. The van der Waals surface area contributed by atoms with Crippen molar-refractivity contribution in [1.82, 2.24) is 0 Å². The van der Waals surface area contributed by atoms with Gasteiger partial charge in [-0.05, 0) is 0 Å². The smallest absolute Gasteiger partial charge is 0.0606 e. The summed E-state index contributed by atoms with van der Waals surface area (Å²) in [4.78, 5) is 3.04. The molecule has 0 amide bonds. The second-order valence-electron chi connectivity index (χ2n) is 0.324. The van der Waals surface area contributed by atoms with Crippen molar-refractivity contribution < 1.29 is 32.7 Å². The summed E-state index contributed by atoms with van der Waals surface area (Å²) >= 11 is 0. The van der Waals surface area contributed by atoms with Crippen LogP contribution in [0.2, 0.25) is 6.82 Å². The van der Waals surface area contributed by atoms with Crippen LogP contribution in [0.1, 0.15) is 44.6 Å². The van der Waals surface area contributed by atoms with E-state index in [9.17, 15) is 0 Å². The third kappa shape index (κ3) is 582. The molecule has 0 saturated heterocycles. The van der Waals surface area contributed by atoms with E-state index in [4.69, 9.17) is 5.41 Å². The maximum absolute atomic E-state index is 7.46. The Morgan fingerprint density at radius 2 is 1.00 bits per heavy atom. The molecule has 0 N–H and O–H groups in total. The van der Waals surface area contributed by atoms with Gasteiger partial charge in [0.1, 0.15) is 0 Å². The largest absolute Gasteiger partial charge is 0.434 e. The Morgan fingerprint density at radius 3 is 1.00 bits per heavy atom. The Hall–Kier alpha value is 0.549. The number of hydrogen-bond acceptors (Lipinski definition) is 1. The summed E-state index contributed by atoms with van der Waals surface area (Å²) in [5, 5.41) is 7.46. The fraction of sp³-hybridized carbons (Fsp3) is 0.889. The molecular formula is C9H30BN2Y-. The molecular weight excluding hydrogens is 236 g/mol. The van der Waals surface area contributed by atoms with Crippen LogP contribution >= 0.6 is 0 Å². The van der Waals surface area contributed by atoms with Crippen molar-refractivity contribution in [3.63, 3.8) is 0 Å². The third-order valence-corrected chi connectivity index (χ3v) is 0.100. The van der Waals surface area contributed by atoms with Gasteiger partial charge in [-0.2, -0.15) is 6.01 Å². The summed E-state index contributed by atoms with van der Waals surface area (Å²) in [6.07, 6.45) is 0. The van der Waals surface area contributed by atoms with E-state index in [1.807, 2.05) is 0 Å². The summed E-state index contributed by atoms with van der Waals surface area (Å²) in [5.74, 6) is 0. The van der Waals surface area contributed by atoms with Crippen LogP contribution in [0.4, 0.5) is 0 Å². The predicted molar refractivity (Wildman–Crippen MR) is 68.7 cm³/mol. The van der Waals surface area contributed by atoms with Crippen LogP contribution in [0.5, 0.6) is 0 Å². The van der Waals surface area contributed by atoms with E-state index >= 15 is 0 Å². The van der Waals surface area contributed by atoms with E-state index in [-0.39, 0.29) is 77.3 Å². The molecule has 13 heavy (non-hydrogen) atoms. The number of hydrogen-bond donors (Lipinski definition) is 0. The van der Waals surface area contributed by atoms with Crippen LogP contribution in [-0.4, -0.2) is 20.9 Å². The number of aliphatic imine (C=N–C) groups is 1. The first kappa shape index (κ1) is 103. The van der Waals surface area contributed by atoms with Crippen molar-refractivity contribution in [3.05, 3.63) is 5.41 Å². The summed E-state index contributed by atoms with van der Waals surface area (Å²) in [6.45, 7) is 1.50. The van der Waals surface area contributed by atoms with Crippen molar-refractivity contribution in [3.8, 4) is 0 Å². The van der Waals surface area contributed by atoms with E-state index in [0.717, 1.165) is 0 Å². The van der Waals surface area contributed by atoms with E-state index in [1.165, 1.54) is 13.9 Å². The van der Waals surface area contributed by atoms with Gasteiger partial charge in [-0.1, -0.05) is 58.4 Å². The van der Waals surface area contributed by atoms with Gasteiger partial charge < -0.3 is 10.4 Å². The van der Waals surface area contributed by atoms with Gasteiger partial charge in [0, 0.05) is 32.7 Å².